The highest BCUT2D eigenvalue weighted by Crippen LogP contribution is 2.25. The number of hydrogen-bond donors (Lipinski definition) is 1. The molecule has 1 aromatic heterocycles. The minimum atomic E-state index is -0.472. The third-order valence-corrected chi connectivity index (χ3v) is 4.93. The molecule has 0 saturated carbocycles. The van der Waals surface area contributed by atoms with E-state index in [0.717, 1.165) is 24.2 Å². The Morgan fingerprint density at radius 1 is 1.32 bits per heavy atom. The first kappa shape index (κ1) is 17.6. The van der Waals surface area contributed by atoms with Crippen molar-refractivity contribution in [3.63, 3.8) is 0 Å². The van der Waals surface area contributed by atoms with Crippen molar-refractivity contribution < 1.29 is 14.3 Å². The van der Waals surface area contributed by atoms with Crippen LogP contribution in [0.25, 0.3) is 5.69 Å². The number of aryl methyl sites for hydroxylation is 2. The van der Waals surface area contributed by atoms with Gasteiger partial charge in [-0.05, 0) is 63.8 Å². The molecule has 1 N–H and O–H groups in total. The molecule has 1 aliphatic heterocycles. The molecule has 1 saturated heterocycles. The highest BCUT2D eigenvalue weighted by molar-refractivity contribution is 5.94. The van der Waals surface area contributed by atoms with Crippen molar-refractivity contribution in [2.75, 3.05) is 13.2 Å². The topological polar surface area (TPSA) is 58.4 Å². The summed E-state index contributed by atoms with van der Waals surface area (Å²) >= 11 is 0. The average Bonchev–Trinajstić information content (AvgIpc) is 2.92. The number of carbonyl (C=O) groups is 1. The molecule has 0 spiro atoms. The van der Waals surface area contributed by atoms with Gasteiger partial charge in [-0.15, -0.1) is 0 Å². The molecule has 2 heterocycles. The van der Waals surface area contributed by atoms with Crippen LogP contribution in [0.2, 0.25) is 0 Å². The fourth-order valence-corrected chi connectivity index (χ4v) is 3.46. The zero-order chi connectivity index (χ0) is 18.1. The minimum Gasteiger partial charge on any atom is -0.396 e. The van der Waals surface area contributed by atoms with Gasteiger partial charge in [0.1, 0.15) is 11.5 Å². The number of amides is 1. The zero-order valence-electron chi connectivity index (χ0n) is 14.9. The first-order chi connectivity index (χ1) is 11.9. The van der Waals surface area contributed by atoms with Gasteiger partial charge in [-0.3, -0.25) is 4.79 Å². The molecule has 0 bridgehead atoms. The molecule has 2 unspecified atom stereocenters. The van der Waals surface area contributed by atoms with Crippen LogP contribution in [0.3, 0.4) is 0 Å². The van der Waals surface area contributed by atoms with E-state index >= 15 is 0 Å². The molecular formula is C19H24FN3O2. The van der Waals surface area contributed by atoms with Gasteiger partial charge < -0.3 is 10.0 Å². The Labute approximate surface area is 147 Å². The lowest BCUT2D eigenvalue weighted by Gasteiger charge is -2.37. The van der Waals surface area contributed by atoms with Crippen LogP contribution >= 0.6 is 0 Å². The third-order valence-electron chi connectivity index (χ3n) is 4.93. The molecule has 5 nitrogen and oxygen atoms in total. The second-order valence-corrected chi connectivity index (χ2v) is 6.94. The SMILES string of the molecule is Cc1cc(C)n(-c2ccc(C(=O)N3CC(CO)CCC3C)cc2F)n1. The van der Waals surface area contributed by atoms with Gasteiger partial charge in [-0.25, -0.2) is 9.07 Å². The van der Waals surface area contributed by atoms with Gasteiger partial charge in [0.05, 0.1) is 5.69 Å². The molecule has 1 fully saturated rings. The standard InChI is InChI=1S/C19H24FN3O2/c1-12-8-14(3)23(21-12)18-7-6-16(9-17(18)20)19(25)22-10-15(11-24)5-4-13(22)2/h6-9,13,15,24H,4-5,10-11H2,1-3H3. The largest absolute Gasteiger partial charge is 0.396 e. The van der Waals surface area contributed by atoms with E-state index in [-0.39, 0.29) is 24.5 Å². The predicted octanol–water partition coefficient (Wildman–Crippen LogP) is 2.86. The third kappa shape index (κ3) is 3.44. The van der Waals surface area contributed by atoms with E-state index in [1.165, 1.54) is 6.07 Å². The summed E-state index contributed by atoms with van der Waals surface area (Å²) in [4.78, 5) is 14.5. The number of aromatic nitrogens is 2. The molecule has 1 amide bonds. The molecule has 6 heteroatoms. The van der Waals surface area contributed by atoms with E-state index < -0.39 is 5.82 Å². The summed E-state index contributed by atoms with van der Waals surface area (Å²) in [5.41, 5.74) is 2.32. The summed E-state index contributed by atoms with van der Waals surface area (Å²) in [6.07, 6.45) is 1.76. The number of nitrogens with zero attached hydrogens (tertiary/aromatic N) is 3. The van der Waals surface area contributed by atoms with Gasteiger partial charge in [0.15, 0.2) is 0 Å². The quantitative estimate of drug-likeness (QED) is 0.931. The smallest absolute Gasteiger partial charge is 0.254 e. The molecule has 1 aliphatic rings. The normalized spacial score (nSPS) is 20.8. The van der Waals surface area contributed by atoms with Crippen LogP contribution in [0.1, 0.15) is 41.5 Å². The van der Waals surface area contributed by atoms with Crippen molar-refractivity contribution >= 4 is 5.91 Å². The van der Waals surface area contributed by atoms with Crippen LogP contribution in [0.15, 0.2) is 24.3 Å². The summed E-state index contributed by atoms with van der Waals surface area (Å²) in [5, 5.41) is 13.7. The Morgan fingerprint density at radius 3 is 2.68 bits per heavy atom. The first-order valence-corrected chi connectivity index (χ1v) is 8.65. The maximum Gasteiger partial charge on any atom is 0.254 e. The summed E-state index contributed by atoms with van der Waals surface area (Å²) in [6, 6.07) is 6.49. The van der Waals surface area contributed by atoms with Crippen molar-refractivity contribution in [3.05, 3.63) is 47.0 Å². The molecule has 3 rings (SSSR count). The number of piperidine rings is 1. The predicted molar refractivity (Wildman–Crippen MR) is 93.3 cm³/mol. The fraction of sp³-hybridized carbons (Fsp3) is 0.474. The van der Waals surface area contributed by atoms with Gasteiger partial charge in [-0.2, -0.15) is 5.10 Å². The summed E-state index contributed by atoms with van der Waals surface area (Å²) in [7, 11) is 0. The Bertz CT molecular complexity index is 787. The van der Waals surface area contributed by atoms with Gasteiger partial charge in [0.2, 0.25) is 0 Å². The van der Waals surface area contributed by atoms with Crippen LogP contribution < -0.4 is 0 Å². The molecule has 0 aliphatic carbocycles. The van der Waals surface area contributed by atoms with E-state index in [2.05, 4.69) is 5.10 Å². The lowest BCUT2D eigenvalue weighted by Crippen LogP contribution is -2.46. The molecular weight excluding hydrogens is 321 g/mol. The van der Waals surface area contributed by atoms with Crippen molar-refractivity contribution in [2.45, 2.75) is 39.7 Å². The number of likely N-dealkylation sites (tertiary alicyclic amines) is 1. The molecule has 2 aromatic rings. The Hall–Kier alpha value is -2.21. The monoisotopic (exact) mass is 345 g/mol. The van der Waals surface area contributed by atoms with Crippen molar-refractivity contribution in [2.24, 2.45) is 5.92 Å². The second kappa shape index (κ2) is 6.96. The number of halogens is 1. The lowest BCUT2D eigenvalue weighted by molar-refractivity contribution is 0.0488. The van der Waals surface area contributed by atoms with Crippen LogP contribution in [-0.2, 0) is 0 Å². The summed E-state index contributed by atoms with van der Waals surface area (Å²) in [6.45, 7) is 6.29. The Morgan fingerprint density at radius 2 is 2.08 bits per heavy atom. The molecule has 134 valence electrons. The fourth-order valence-electron chi connectivity index (χ4n) is 3.46. The molecule has 1 aromatic carbocycles. The zero-order valence-corrected chi connectivity index (χ0v) is 14.9. The number of hydrogen-bond acceptors (Lipinski definition) is 3. The van der Waals surface area contributed by atoms with Crippen molar-refractivity contribution in [1.29, 1.82) is 0 Å². The van der Waals surface area contributed by atoms with E-state index in [1.54, 1.807) is 21.7 Å². The maximum atomic E-state index is 14.6. The first-order valence-electron chi connectivity index (χ1n) is 8.65. The number of rotatable bonds is 3. The number of aliphatic hydroxyl groups excluding tert-OH is 1. The maximum absolute atomic E-state index is 14.6. The van der Waals surface area contributed by atoms with Crippen LogP contribution in [0, 0.1) is 25.6 Å². The average molecular weight is 345 g/mol. The Kier molecular flexibility index (Phi) is 4.90. The van der Waals surface area contributed by atoms with E-state index in [9.17, 15) is 14.3 Å². The van der Waals surface area contributed by atoms with Crippen molar-refractivity contribution in [3.8, 4) is 5.69 Å². The van der Waals surface area contributed by atoms with E-state index in [4.69, 9.17) is 0 Å². The van der Waals surface area contributed by atoms with Gasteiger partial charge >= 0.3 is 0 Å². The summed E-state index contributed by atoms with van der Waals surface area (Å²) < 4.78 is 16.2. The minimum absolute atomic E-state index is 0.0712. The number of benzene rings is 1. The molecule has 0 radical (unpaired) electrons. The van der Waals surface area contributed by atoms with Crippen LogP contribution in [0.4, 0.5) is 4.39 Å². The second-order valence-electron chi connectivity index (χ2n) is 6.94. The van der Waals surface area contributed by atoms with E-state index in [0.29, 0.717) is 17.8 Å². The van der Waals surface area contributed by atoms with Crippen LogP contribution in [-0.4, -0.2) is 44.9 Å². The van der Waals surface area contributed by atoms with Gasteiger partial charge in [0.25, 0.3) is 5.91 Å². The highest BCUT2D eigenvalue weighted by Gasteiger charge is 2.29. The van der Waals surface area contributed by atoms with E-state index in [1.807, 2.05) is 26.8 Å². The van der Waals surface area contributed by atoms with Gasteiger partial charge in [0, 0.05) is 30.5 Å². The van der Waals surface area contributed by atoms with Gasteiger partial charge in [-0.1, -0.05) is 0 Å². The molecule has 2 atom stereocenters. The molecule has 25 heavy (non-hydrogen) atoms. The number of aliphatic hydroxyl groups is 1. The lowest BCUT2D eigenvalue weighted by atomic mass is 9.93. The highest BCUT2D eigenvalue weighted by atomic mass is 19.1. The Balaban J connectivity index is 1.87. The number of carbonyl (C=O) groups excluding carboxylic acids is 1. The summed E-state index contributed by atoms with van der Waals surface area (Å²) in [5.74, 6) is -0.566. The van der Waals surface area contributed by atoms with Crippen LogP contribution in [0.5, 0.6) is 0 Å². The van der Waals surface area contributed by atoms with Crippen molar-refractivity contribution in [1.82, 2.24) is 14.7 Å².